The van der Waals surface area contributed by atoms with Crippen LogP contribution >= 0.6 is 11.6 Å². The maximum atomic E-state index is 12.8. The van der Waals surface area contributed by atoms with Crippen molar-refractivity contribution >= 4 is 23.2 Å². The highest BCUT2D eigenvalue weighted by Gasteiger charge is 2.30. The van der Waals surface area contributed by atoms with Crippen molar-refractivity contribution in [2.75, 3.05) is 51.3 Å². The number of piperazine rings is 1. The Morgan fingerprint density at radius 1 is 1.07 bits per heavy atom. The number of amides is 1. The van der Waals surface area contributed by atoms with E-state index in [-0.39, 0.29) is 5.91 Å². The first-order chi connectivity index (χ1) is 13.1. The van der Waals surface area contributed by atoms with Crippen molar-refractivity contribution in [3.8, 4) is 5.75 Å². The number of carbonyl (C=O) groups excluding carboxylic acids is 1. The van der Waals surface area contributed by atoms with E-state index in [0.717, 1.165) is 49.7 Å². The molecule has 0 saturated carbocycles. The summed E-state index contributed by atoms with van der Waals surface area (Å²) < 4.78 is 5.95. The molecule has 4 rings (SSSR count). The minimum absolute atomic E-state index is 0.0508. The predicted molar refractivity (Wildman–Crippen MR) is 108 cm³/mol. The van der Waals surface area contributed by atoms with Gasteiger partial charge >= 0.3 is 0 Å². The lowest BCUT2D eigenvalue weighted by Crippen LogP contribution is -2.45. The monoisotopic (exact) mass is 385 g/mol. The first kappa shape index (κ1) is 18.3. The van der Waals surface area contributed by atoms with Crippen LogP contribution in [0.5, 0.6) is 5.75 Å². The Morgan fingerprint density at radius 3 is 2.63 bits per heavy atom. The van der Waals surface area contributed by atoms with Gasteiger partial charge in [-0.1, -0.05) is 29.8 Å². The summed E-state index contributed by atoms with van der Waals surface area (Å²) in [6.45, 7) is 6.49. The number of halogens is 1. The van der Waals surface area contributed by atoms with E-state index in [4.69, 9.17) is 16.3 Å². The predicted octanol–water partition coefficient (Wildman–Crippen LogP) is 3.13. The SMILES string of the molecule is CN1CCN(CCOc2cccc(N3Cc4cccc(Cl)c4C3=O)c2)CC1. The first-order valence-electron chi connectivity index (χ1n) is 9.35. The number of anilines is 1. The highest BCUT2D eigenvalue weighted by molar-refractivity contribution is 6.35. The third-order valence-corrected chi connectivity index (χ3v) is 5.60. The van der Waals surface area contributed by atoms with Crippen LogP contribution in [0.2, 0.25) is 5.02 Å². The van der Waals surface area contributed by atoms with Crippen LogP contribution in [-0.4, -0.2) is 62.1 Å². The molecule has 0 radical (unpaired) electrons. The second-order valence-electron chi connectivity index (χ2n) is 7.16. The zero-order valence-corrected chi connectivity index (χ0v) is 16.3. The number of hydrogen-bond donors (Lipinski definition) is 0. The Kier molecular flexibility index (Phi) is 5.34. The second-order valence-corrected chi connectivity index (χ2v) is 7.56. The van der Waals surface area contributed by atoms with Gasteiger partial charge in [0.15, 0.2) is 0 Å². The van der Waals surface area contributed by atoms with Crippen molar-refractivity contribution in [2.24, 2.45) is 0 Å². The molecule has 2 aliphatic heterocycles. The molecule has 27 heavy (non-hydrogen) atoms. The van der Waals surface area contributed by atoms with Crippen molar-refractivity contribution in [3.63, 3.8) is 0 Å². The molecule has 0 N–H and O–H groups in total. The van der Waals surface area contributed by atoms with Crippen molar-refractivity contribution < 1.29 is 9.53 Å². The molecule has 2 aromatic carbocycles. The Hall–Kier alpha value is -2.08. The number of hydrogen-bond acceptors (Lipinski definition) is 4. The van der Waals surface area contributed by atoms with Crippen molar-refractivity contribution in [1.29, 1.82) is 0 Å². The van der Waals surface area contributed by atoms with Gasteiger partial charge in [-0.3, -0.25) is 9.69 Å². The molecule has 0 aromatic heterocycles. The Morgan fingerprint density at radius 2 is 1.85 bits per heavy atom. The molecule has 0 bridgehead atoms. The molecular formula is C21H24ClN3O2. The fourth-order valence-corrected chi connectivity index (χ4v) is 3.91. The fourth-order valence-electron chi connectivity index (χ4n) is 3.63. The molecule has 0 unspecified atom stereocenters. The largest absolute Gasteiger partial charge is 0.492 e. The lowest BCUT2D eigenvalue weighted by Gasteiger charge is -2.32. The van der Waals surface area contributed by atoms with E-state index in [9.17, 15) is 4.79 Å². The molecule has 2 aromatic rings. The lowest BCUT2D eigenvalue weighted by molar-refractivity contribution is 0.0996. The molecule has 6 heteroatoms. The Bertz CT molecular complexity index is 834. The van der Waals surface area contributed by atoms with Crippen LogP contribution in [0.25, 0.3) is 0 Å². The molecule has 5 nitrogen and oxygen atoms in total. The van der Waals surface area contributed by atoms with Crippen molar-refractivity contribution in [2.45, 2.75) is 6.54 Å². The minimum Gasteiger partial charge on any atom is -0.492 e. The Labute approximate surface area is 165 Å². The molecule has 2 aliphatic rings. The quantitative estimate of drug-likeness (QED) is 0.792. The first-order valence-corrected chi connectivity index (χ1v) is 9.72. The van der Waals surface area contributed by atoms with Crippen molar-refractivity contribution in [1.82, 2.24) is 9.80 Å². The van der Waals surface area contributed by atoms with Crippen LogP contribution in [0.1, 0.15) is 15.9 Å². The van der Waals surface area contributed by atoms with Crippen LogP contribution in [0.3, 0.4) is 0 Å². The smallest absolute Gasteiger partial charge is 0.260 e. The summed E-state index contributed by atoms with van der Waals surface area (Å²) in [5.41, 5.74) is 2.42. The van der Waals surface area contributed by atoms with Crippen LogP contribution < -0.4 is 9.64 Å². The molecular weight excluding hydrogens is 362 g/mol. The van der Waals surface area contributed by atoms with Crippen molar-refractivity contribution in [3.05, 3.63) is 58.6 Å². The number of carbonyl (C=O) groups is 1. The average molecular weight is 386 g/mol. The molecule has 142 valence electrons. The summed E-state index contributed by atoms with van der Waals surface area (Å²) in [4.78, 5) is 19.3. The molecule has 0 aliphatic carbocycles. The van der Waals surface area contributed by atoms with Gasteiger partial charge in [-0.15, -0.1) is 0 Å². The number of fused-ring (bicyclic) bond motifs is 1. The number of benzene rings is 2. The third-order valence-electron chi connectivity index (χ3n) is 5.29. The maximum Gasteiger partial charge on any atom is 0.260 e. The molecule has 2 heterocycles. The number of likely N-dealkylation sites (N-methyl/N-ethyl adjacent to an activating group) is 1. The Balaban J connectivity index is 1.39. The topological polar surface area (TPSA) is 36.0 Å². The van der Waals surface area contributed by atoms with Crippen LogP contribution in [0.15, 0.2) is 42.5 Å². The molecule has 0 spiro atoms. The highest BCUT2D eigenvalue weighted by Crippen LogP contribution is 2.33. The number of rotatable bonds is 5. The average Bonchev–Trinajstić information content (AvgIpc) is 3.02. The van der Waals surface area contributed by atoms with E-state index in [0.29, 0.717) is 23.7 Å². The summed E-state index contributed by atoms with van der Waals surface area (Å²) in [6, 6.07) is 13.3. The van der Waals surface area contributed by atoms with Crippen LogP contribution in [-0.2, 0) is 6.54 Å². The van der Waals surface area contributed by atoms with E-state index in [1.54, 1.807) is 11.0 Å². The lowest BCUT2D eigenvalue weighted by atomic mass is 10.1. The fraction of sp³-hybridized carbons (Fsp3) is 0.381. The zero-order valence-electron chi connectivity index (χ0n) is 15.5. The summed E-state index contributed by atoms with van der Waals surface area (Å²) in [6.07, 6.45) is 0. The van der Waals surface area contributed by atoms with E-state index in [2.05, 4.69) is 16.8 Å². The van der Waals surface area contributed by atoms with Crippen LogP contribution in [0, 0.1) is 0 Å². The van der Waals surface area contributed by atoms with Gasteiger partial charge in [0.1, 0.15) is 12.4 Å². The van der Waals surface area contributed by atoms with E-state index >= 15 is 0 Å². The van der Waals surface area contributed by atoms with Gasteiger partial charge in [-0.05, 0) is 30.8 Å². The maximum absolute atomic E-state index is 12.8. The van der Waals surface area contributed by atoms with E-state index in [1.807, 2.05) is 36.4 Å². The van der Waals surface area contributed by atoms with Gasteiger partial charge in [0, 0.05) is 44.5 Å². The van der Waals surface area contributed by atoms with Gasteiger partial charge in [0.25, 0.3) is 5.91 Å². The molecule has 1 amide bonds. The minimum atomic E-state index is -0.0508. The van der Waals surface area contributed by atoms with Gasteiger partial charge in [0.2, 0.25) is 0 Å². The summed E-state index contributed by atoms with van der Waals surface area (Å²) in [5, 5.41) is 0.514. The second kappa shape index (κ2) is 7.89. The molecule has 0 atom stereocenters. The van der Waals surface area contributed by atoms with Gasteiger partial charge in [0.05, 0.1) is 17.1 Å². The third kappa shape index (κ3) is 3.95. The zero-order chi connectivity index (χ0) is 18.8. The van der Waals surface area contributed by atoms with E-state index in [1.165, 1.54) is 0 Å². The standard InChI is InChI=1S/C21H24ClN3O2/c1-23-8-10-24(11-9-23)12-13-27-18-6-3-5-17(14-18)25-15-16-4-2-7-19(22)20(16)21(25)26/h2-7,14H,8-13,15H2,1H3. The molecule has 1 saturated heterocycles. The summed E-state index contributed by atoms with van der Waals surface area (Å²) >= 11 is 6.22. The number of ether oxygens (including phenoxy) is 1. The van der Waals surface area contributed by atoms with Gasteiger partial charge < -0.3 is 14.5 Å². The van der Waals surface area contributed by atoms with Gasteiger partial charge in [-0.2, -0.15) is 0 Å². The van der Waals surface area contributed by atoms with E-state index < -0.39 is 0 Å². The van der Waals surface area contributed by atoms with Gasteiger partial charge in [-0.25, -0.2) is 0 Å². The highest BCUT2D eigenvalue weighted by atomic mass is 35.5. The number of nitrogens with zero attached hydrogens (tertiary/aromatic N) is 3. The summed E-state index contributed by atoms with van der Waals surface area (Å²) in [7, 11) is 2.16. The summed E-state index contributed by atoms with van der Waals surface area (Å²) in [5.74, 6) is 0.738. The van der Waals surface area contributed by atoms with Crippen LogP contribution in [0.4, 0.5) is 5.69 Å². The normalized spacial score (nSPS) is 18.0. The molecule has 1 fully saturated rings.